The Balaban J connectivity index is 1.32. The monoisotopic (exact) mass is 371 g/mol. The molecule has 3 N–H and O–H groups in total. The number of aromatic amines is 1. The van der Waals surface area contributed by atoms with E-state index in [1.165, 1.54) is 24.2 Å². The van der Waals surface area contributed by atoms with Crippen LogP contribution in [-0.2, 0) is 6.54 Å². The highest BCUT2D eigenvalue weighted by Gasteiger charge is 2.15. The molecule has 1 amide bonds. The molecule has 3 aromatic rings. The molecule has 0 aromatic carbocycles. The highest BCUT2D eigenvalue weighted by molar-refractivity contribution is 7.13. The lowest BCUT2D eigenvalue weighted by Crippen LogP contribution is -2.28. The van der Waals surface area contributed by atoms with Crippen molar-refractivity contribution in [1.29, 1.82) is 0 Å². The third kappa shape index (κ3) is 4.00. The molecule has 3 aromatic heterocycles. The first-order valence-electron chi connectivity index (χ1n) is 8.77. The molecule has 0 bridgehead atoms. The van der Waals surface area contributed by atoms with Gasteiger partial charge in [0, 0.05) is 29.9 Å². The summed E-state index contributed by atoms with van der Waals surface area (Å²) < 4.78 is 1.90. The maximum Gasteiger partial charge on any atom is 0.275 e. The molecule has 0 saturated carbocycles. The number of carbonyl (C=O) groups excluding carboxylic acids is 1. The van der Waals surface area contributed by atoms with Crippen molar-refractivity contribution in [2.45, 2.75) is 25.8 Å². The van der Waals surface area contributed by atoms with E-state index in [1.807, 2.05) is 10.9 Å². The van der Waals surface area contributed by atoms with Gasteiger partial charge < -0.3 is 10.6 Å². The molecule has 8 nitrogen and oxygen atoms in total. The fourth-order valence-electron chi connectivity index (χ4n) is 3.11. The standard InChI is InChI=1S/C17H21N7OS/c25-16(15-11-26-17(23-15)13-7-19-20-8-13)22-14-9-21-24(10-14)6-3-12-1-4-18-5-2-12/h7-12,18H,1-6H2,(H,19,20)(H,22,25). The summed E-state index contributed by atoms with van der Waals surface area (Å²) in [4.78, 5) is 16.7. The van der Waals surface area contributed by atoms with E-state index in [1.54, 1.807) is 24.0 Å². The quantitative estimate of drug-likeness (QED) is 0.618. The van der Waals surface area contributed by atoms with Gasteiger partial charge >= 0.3 is 0 Å². The second-order valence-corrected chi connectivity index (χ2v) is 7.31. The summed E-state index contributed by atoms with van der Waals surface area (Å²) >= 11 is 1.42. The Hall–Kier alpha value is -2.52. The van der Waals surface area contributed by atoms with Gasteiger partial charge in [-0.05, 0) is 38.3 Å². The largest absolute Gasteiger partial charge is 0.318 e. The third-order valence-corrected chi connectivity index (χ3v) is 5.49. The van der Waals surface area contributed by atoms with E-state index in [0.717, 1.165) is 42.5 Å². The first-order chi connectivity index (χ1) is 12.8. The van der Waals surface area contributed by atoms with Crippen LogP contribution in [0.3, 0.4) is 0 Å². The number of aryl methyl sites for hydroxylation is 1. The summed E-state index contributed by atoms with van der Waals surface area (Å²) in [5.41, 5.74) is 1.96. The molecule has 1 fully saturated rings. The van der Waals surface area contributed by atoms with Crippen LogP contribution in [0.1, 0.15) is 29.8 Å². The molecule has 0 unspecified atom stereocenters. The normalized spacial score (nSPS) is 15.2. The van der Waals surface area contributed by atoms with Gasteiger partial charge in [0.15, 0.2) is 0 Å². The average molecular weight is 371 g/mol. The van der Waals surface area contributed by atoms with Crippen LogP contribution < -0.4 is 10.6 Å². The zero-order valence-corrected chi connectivity index (χ0v) is 15.1. The lowest BCUT2D eigenvalue weighted by Gasteiger charge is -2.22. The Morgan fingerprint density at radius 2 is 2.23 bits per heavy atom. The molecule has 1 aliphatic heterocycles. The second-order valence-electron chi connectivity index (χ2n) is 6.45. The van der Waals surface area contributed by atoms with Gasteiger partial charge in [-0.25, -0.2) is 4.98 Å². The Labute approximate surface area is 155 Å². The maximum absolute atomic E-state index is 12.4. The van der Waals surface area contributed by atoms with Crippen molar-refractivity contribution in [3.8, 4) is 10.6 Å². The molecular weight excluding hydrogens is 350 g/mol. The summed E-state index contributed by atoms with van der Waals surface area (Å²) in [5.74, 6) is 0.531. The van der Waals surface area contributed by atoms with Crippen molar-refractivity contribution in [3.63, 3.8) is 0 Å². The molecule has 0 aliphatic carbocycles. The number of H-pyrrole nitrogens is 1. The number of nitrogens with one attached hydrogen (secondary N) is 3. The summed E-state index contributed by atoms with van der Waals surface area (Å²) in [6, 6.07) is 0. The van der Waals surface area contributed by atoms with Crippen molar-refractivity contribution in [2.75, 3.05) is 18.4 Å². The second kappa shape index (κ2) is 7.79. The van der Waals surface area contributed by atoms with Crippen molar-refractivity contribution in [3.05, 3.63) is 35.9 Å². The predicted molar refractivity (Wildman–Crippen MR) is 100 cm³/mol. The van der Waals surface area contributed by atoms with Crippen LogP contribution in [-0.4, -0.2) is 44.0 Å². The number of hydrogen-bond donors (Lipinski definition) is 3. The van der Waals surface area contributed by atoms with E-state index < -0.39 is 0 Å². The minimum absolute atomic E-state index is 0.228. The number of anilines is 1. The SMILES string of the molecule is O=C(Nc1cnn(CCC2CCNCC2)c1)c1csc(-c2cn[nH]c2)n1. The van der Waals surface area contributed by atoms with Crippen LogP contribution in [0.5, 0.6) is 0 Å². The van der Waals surface area contributed by atoms with Crippen LogP contribution in [0.2, 0.25) is 0 Å². The maximum atomic E-state index is 12.4. The fraction of sp³-hybridized carbons (Fsp3) is 0.412. The summed E-state index contributed by atoms with van der Waals surface area (Å²) in [7, 11) is 0. The molecule has 9 heteroatoms. The molecule has 26 heavy (non-hydrogen) atoms. The smallest absolute Gasteiger partial charge is 0.275 e. The van der Waals surface area contributed by atoms with E-state index >= 15 is 0 Å². The number of thiazole rings is 1. The number of nitrogens with zero attached hydrogens (tertiary/aromatic N) is 4. The molecular formula is C17H21N7OS. The average Bonchev–Trinajstić information content (AvgIpc) is 3.41. The number of carbonyl (C=O) groups is 1. The minimum Gasteiger partial charge on any atom is -0.318 e. The number of aromatic nitrogens is 5. The third-order valence-electron chi connectivity index (χ3n) is 4.60. The van der Waals surface area contributed by atoms with E-state index in [0.29, 0.717) is 11.4 Å². The van der Waals surface area contributed by atoms with E-state index in [4.69, 9.17) is 0 Å². The first-order valence-corrected chi connectivity index (χ1v) is 9.65. The highest BCUT2D eigenvalue weighted by atomic mass is 32.1. The number of rotatable bonds is 6. The Kier molecular flexibility index (Phi) is 5.07. The van der Waals surface area contributed by atoms with E-state index in [2.05, 4.69) is 30.9 Å². The summed E-state index contributed by atoms with van der Waals surface area (Å²) in [6.07, 6.45) is 10.6. The molecule has 0 radical (unpaired) electrons. The van der Waals surface area contributed by atoms with Gasteiger partial charge in [0.05, 0.1) is 18.1 Å². The number of hydrogen-bond acceptors (Lipinski definition) is 6. The van der Waals surface area contributed by atoms with Gasteiger partial charge in [-0.2, -0.15) is 10.2 Å². The van der Waals surface area contributed by atoms with Gasteiger partial charge in [0.2, 0.25) is 0 Å². The fourth-order valence-corrected chi connectivity index (χ4v) is 3.89. The highest BCUT2D eigenvalue weighted by Crippen LogP contribution is 2.23. The van der Waals surface area contributed by atoms with Crippen molar-refractivity contribution in [2.24, 2.45) is 5.92 Å². The molecule has 4 rings (SSSR count). The Morgan fingerprint density at radius 3 is 3.04 bits per heavy atom. The molecule has 136 valence electrons. The van der Waals surface area contributed by atoms with Gasteiger partial charge in [0.1, 0.15) is 10.7 Å². The van der Waals surface area contributed by atoms with Crippen LogP contribution >= 0.6 is 11.3 Å². The van der Waals surface area contributed by atoms with Crippen LogP contribution in [0.25, 0.3) is 10.6 Å². The summed E-state index contributed by atoms with van der Waals surface area (Å²) in [6.45, 7) is 3.10. The van der Waals surface area contributed by atoms with Crippen molar-refractivity contribution >= 4 is 22.9 Å². The zero-order chi connectivity index (χ0) is 17.8. The van der Waals surface area contributed by atoms with Gasteiger partial charge in [-0.3, -0.25) is 14.6 Å². The lowest BCUT2D eigenvalue weighted by atomic mass is 9.95. The van der Waals surface area contributed by atoms with Crippen LogP contribution in [0.4, 0.5) is 5.69 Å². The van der Waals surface area contributed by atoms with E-state index in [-0.39, 0.29) is 5.91 Å². The van der Waals surface area contributed by atoms with Gasteiger partial charge in [0.25, 0.3) is 5.91 Å². The zero-order valence-electron chi connectivity index (χ0n) is 14.3. The predicted octanol–water partition coefficient (Wildman–Crippen LogP) is 2.37. The van der Waals surface area contributed by atoms with Gasteiger partial charge in [-0.1, -0.05) is 0 Å². The molecule has 1 aliphatic rings. The van der Waals surface area contributed by atoms with E-state index in [9.17, 15) is 4.79 Å². The lowest BCUT2D eigenvalue weighted by molar-refractivity contribution is 0.102. The minimum atomic E-state index is -0.228. The van der Waals surface area contributed by atoms with Crippen molar-refractivity contribution < 1.29 is 4.79 Å². The summed E-state index contributed by atoms with van der Waals surface area (Å²) in [5, 5.41) is 19.8. The molecule has 4 heterocycles. The van der Waals surface area contributed by atoms with Crippen molar-refractivity contribution in [1.82, 2.24) is 30.3 Å². The molecule has 1 saturated heterocycles. The number of amides is 1. The topological polar surface area (TPSA) is 101 Å². The molecule has 0 spiro atoms. The Bertz CT molecular complexity index is 848. The van der Waals surface area contributed by atoms with Gasteiger partial charge in [-0.15, -0.1) is 11.3 Å². The van der Waals surface area contributed by atoms with Crippen LogP contribution in [0, 0.1) is 5.92 Å². The van der Waals surface area contributed by atoms with Crippen LogP contribution in [0.15, 0.2) is 30.2 Å². The molecule has 0 atom stereocenters. The first kappa shape index (κ1) is 16.9. The Morgan fingerprint density at radius 1 is 1.35 bits per heavy atom. The number of piperidine rings is 1.